The molecule has 0 N–H and O–H groups in total. The van der Waals surface area contributed by atoms with E-state index in [-0.39, 0.29) is 49.1 Å². The van der Waals surface area contributed by atoms with Gasteiger partial charge in [-0.3, -0.25) is 9.59 Å². The number of unbranched alkanes of at least 4 members (excludes halogenated alkanes) is 12. The molecule has 2 atom stereocenters. The van der Waals surface area contributed by atoms with Gasteiger partial charge in [-0.1, -0.05) is 95.2 Å². The summed E-state index contributed by atoms with van der Waals surface area (Å²) in [6, 6.07) is -0.730. The molecule has 0 fully saturated rings. The summed E-state index contributed by atoms with van der Waals surface area (Å²) < 4.78 is 17.0. The maximum absolute atomic E-state index is 12.5. The molecule has 0 aromatic carbocycles. The number of likely N-dealkylation sites (N-methyl/N-ethyl adjacent to an activating group) is 1. The van der Waals surface area contributed by atoms with Gasteiger partial charge >= 0.3 is 11.9 Å². The van der Waals surface area contributed by atoms with Crippen molar-refractivity contribution in [3.63, 3.8) is 0 Å². The molecule has 0 heterocycles. The van der Waals surface area contributed by atoms with E-state index < -0.39 is 18.1 Å². The zero-order valence-electron chi connectivity index (χ0n) is 30.7. The highest BCUT2D eigenvalue weighted by Crippen LogP contribution is 2.12. The lowest BCUT2D eigenvalue weighted by Gasteiger charge is -2.34. The standard InChI is InChI=1S/C39H69NO7/c1-6-8-10-12-14-16-17-18-19-20-22-23-25-27-29-37(41)46-34-35(33-45-32-31-36(39(43)44)40(3,4)5)47-38(42)30-28-26-24-21-15-13-11-9-7-2/h9,11,15,19-21,35-36H,6-8,10,12-14,16-18,22-34H2,1-5H3/b11-9+,20-19+,21-15+. The first-order chi connectivity index (χ1) is 22.6. The fraction of sp³-hybridized carbons (Fsp3) is 0.769. The second kappa shape index (κ2) is 30.9. The van der Waals surface area contributed by atoms with Gasteiger partial charge in [0.25, 0.3) is 0 Å². The Morgan fingerprint density at radius 2 is 1.19 bits per heavy atom. The summed E-state index contributed by atoms with van der Waals surface area (Å²) in [6.45, 7) is 4.45. The molecule has 2 unspecified atom stereocenters. The minimum Gasteiger partial charge on any atom is -0.544 e. The van der Waals surface area contributed by atoms with Crippen LogP contribution in [0.3, 0.4) is 0 Å². The molecular formula is C39H69NO7. The van der Waals surface area contributed by atoms with E-state index in [0.717, 1.165) is 57.8 Å². The predicted octanol–water partition coefficient (Wildman–Crippen LogP) is 7.79. The van der Waals surface area contributed by atoms with Crippen LogP contribution in [0.15, 0.2) is 36.5 Å². The number of esters is 2. The molecule has 0 rings (SSSR count). The normalized spacial score (nSPS) is 13.5. The number of aliphatic carboxylic acids is 1. The van der Waals surface area contributed by atoms with Crippen LogP contribution in [0.2, 0.25) is 0 Å². The van der Waals surface area contributed by atoms with Gasteiger partial charge in [-0.15, -0.1) is 0 Å². The summed E-state index contributed by atoms with van der Waals surface area (Å²) >= 11 is 0. The Labute approximate surface area is 287 Å². The number of allylic oxidation sites excluding steroid dienone is 6. The van der Waals surface area contributed by atoms with Crippen molar-refractivity contribution in [1.29, 1.82) is 0 Å². The quantitative estimate of drug-likeness (QED) is 0.0313. The topological polar surface area (TPSA) is 102 Å². The Kier molecular flexibility index (Phi) is 29.2. The Hall–Kier alpha value is -2.45. The Balaban J connectivity index is 4.46. The van der Waals surface area contributed by atoms with E-state index in [9.17, 15) is 19.5 Å². The van der Waals surface area contributed by atoms with E-state index in [4.69, 9.17) is 14.2 Å². The lowest BCUT2D eigenvalue weighted by Crippen LogP contribution is -2.55. The highest BCUT2D eigenvalue weighted by Gasteiger charge is 2.25. The molecule has 0 saturated carbocycles. The molecule has 0 aliphatic heterocycles. The maximum Gasteiger partial charge on any atom is 0.306 e. The molecule has 0 aliphatic rings. The minimum absolute atomic E-state index is 0.0230. The van der Waals surface area contributed by atoms with Crippen molar-refractivity contribution in [2.45, 2.75) is 154 Å². The number of hydrogen-bond acceptors (Lipinski definition) is 7. The zero-order chi connectivity index (χ0) is 35.0. The molecule has 8 nitrogen and oxygen atoms in total. The third-order valence-corrected chi connectivity index (χ3v) is 8.01. The molecule has 0 bridgehead atoms. The van der Waals surface area contributed by atoms with E-state index >= 15 is 0 Å². The van der Waals surface area contributed by atoms with Crippen molar-refractivity contribution in [1.82, 2.24) is 0 Å². The highest BCUT2D eigenvalue weighted by atomic mass is 16.6. The number of carbonyl (C=O) groups excluding carboxylic acids is 3. The van der Waals surface area contributed by atoms with Crippen LogP contribution in [0.25, 0.3) is 0 Å². The average Bonchev–Trinajstić information content (AvgIpc) is 3.01. The predicted molar refractivity (Wildman–Crippen MR) is 190 cm³/mol. The van der Waals surface area contributed by atoms with Gasteiger partial charge in [-0.05, 0) is 64.2 Å². The maximum atomic E-state index is 12.5. The Morgan fingerprint density at radius 3 is 1.81 bits per heavy atom. The summed E-state index contributed by atoms with van der Waals surface area (Å²) in [4.78, 5) is 36.5. The van der Waals surface area contributed by atoms with Gasteiger partial charge in [0.1, 0.15) is 12.6 Å². The van der Waals surface area contributed by atoms with Gasteiger partial charge in [0.2, 0.25) is 0 Å². The van der Waals surface area contributed by atoms with E-state index in [1.165, 1.54) is 44.9 Å². The number of nitrogens with zero attached hydrogens (tertiary/aromatic N) is 1. The monoisotopic (exact) mass is 664 g/mol. The second-order valence-electron chi connectivity index (χ2n) is 13.4. The van der Waals surface area contributed by atoms with Gasteiger partial charge in [-0.25, -0.2) is 0 Å². The summed E-state index contributed by atoms with van der Waals surface area (Å²) in [5.74, 6) is -1.81. The van der Waals surface area contributed by atoms with Crippen molar-refractivity contribution < 1.29 is 38.2 Å². The van der Waals surface area contributed by atoms with Gasteiger partial charge in [0.05, 0.1) is 40.3 Å². The van der Waals surface area contributed by atoms with Crippen molar-refractivity contribution in [2.24, 2.45) is 0 Å². The summed E-state index contributed by atoms with van der Waals surface area (Å²) in [6.07, 6.45) is 31.9. The summed E-state index contributed by atoms with van der Waals surface area (Å²) in [5, 5.41) is 11.5. The number of carbonyl (C=O) groups is 3. The number of carboxylic acid groups (broad SMARTS) is 1. The molecule has 272 valence electrons. The average molecular weight is 664 g/mol. The van der Waals surface area contributed by atoms with Gasteiger partial charge in [0.15, 0.2) is 6.10 Å². The first kappa shape index (κ1) is 44.5. The van der Waals surface area contributed by atoms with Crippen LogP contribution in [0, 0.1) is 0 Å². The van der Waals surface area contributed by atoms with Crippen LogP contribution in [0.5, 0.6) is 0 Å². The fourth-order valence-corrected chi connectivity index (χ4v) is 5.10. The Morgan fingerprint density at radius 1 is 0.660 bits per heavy atom. The largest absolute Gasteiger partial charge is 0.544 e. The third kappa shape index (κ3) is 29.4. The van der Waals surface area contributed by atoms with Crippen LogP contribution >= 0.6 is 0 Å². The van der Waals surface area contributed by atoms with Crippen molar-refractivity contribution in [3.8, 4) is 0 Å². The van der Waals surface area contributed by atoms with Gasteiger partial charge in [-0.2, -0.15) is 0 Å². The van der Waals surface area contributed by atoms with E-state index in [1.54, 1.807) is 21.1 Å². The number of carboxylic acids is 1. The number of rotatable bonds is 32. The number of hydrogen-bond donors (Lipinski definition) is 0. The lowest BCUT2D eigenvalue weighted by atomic mass is 10.1. The fourth-order valence-electron chi connectivity index (χ4n) is 5.10. The molecular weight excluding hydrogens is 594 g/mol. The van der Waals surface area contributed by atoms with Crippen LogP contribution in [-0.2, 0) is 28.6 Å². The molecule has 0 saturated heterocycles. The van der Waals surface area contributed by atoms with Crippen molar-refractivity contribution >= 4 is 17.9 Å². The van der Waals surface area contributed by atoms with Crippen LogP contribution in [0.1, 0.15) is 142 Å². The highest BCUT2D eigenvalue weighted by molar-refractivity contribution is 5.70. The van der Waals surface area contributed by atoms with E-state index in [1.807, 2.05) is 0 Å². The zero-order valence-corrected chi connectivity index (χ0v) is 30.7. The van der Waals surface area contributed by atoms with Gasteiger partial charge < -0.3 is 28.6 Å². The van der Waals surface area contributed by atoms with Gasteiger partial charge in [0, 0.05) is 19.3 Å². The van der Waals surface area contributed by atoms with Crippen LogP contribution < -0.4 is 5.11 Å². The van der Waals surface area contributed by atoms with Crippen LogP contribution in [-0.4, -0.2) is 75.5 Å². The van der Waals surface area contributed by atoms with E-state index in [2.05, 4.69) is 50.3 Å². The first-order valence-electron chi connectivity index (χ1n) is 18.5. The summed E-state index contributed by atoms with van der Waals surface area (Å²) in [5.41, 5.74) is 0. The Bertz CT molecular complexity index is 875. The minimum atomic E-state index is -1.13. The smallest absolute Gasteiger partial charge is 0.306 e. The lowest BCUT2D eigenvalue weighted by molar-refractivity contribution is -0.889. The molecule has 0 radical (unpaired) electrons. The molecule has 0 spiro atoms. The molecule has 0 amide bonds. The molecule has 0 aromatic rings. The SMILES string of the molecule is CC/C=C/C/C=C/CCCCC(=O)OC(COCCC(C(=O)[O-])[N+](C)(C)C)COC(=O)CCCCC/C=C/CCCCCCCCC. The third-order valence-electron chi connectivity index (χ3n) is 8.01. The number of quaternary nitrogens is 1. The van der Waals surface area contributed by atoms with Crippen molar-refractivity contribution in [3.05, 3.63) is 36.5 Å². The molecule has 0 aromatic heterocycles. The molecule has 47 heavy (non-hydrogen) atoms. The molecule has 8 heteroatoms. The van der Waals surface area contributed by atoms with E-state index in [0.29, 0.717) is 12.8 Å². The van der Waals surface area contributed by atoms with Crippen LogP contribution in [0.4, 0.5) is 0 Å². The number of ether oxygens (including phenoxy) is 3. The summed E-state index contributed by atoms with van der Waals surface area (Å²) in [7, 11) is 5.37. The first-order valence-corrected chi connectivity index (χ1v) is 18.5. The van der Waals surface area contributed by atoms with Crippen molar-refractivity contribution in [2.75, 3.05) is 41.0 Å². The second-order valence-corrected chi connectivity index (χ2v) is 13.4. The molecule has 0 aliphatic carbocycles.